The first kappa shape index (κ1) is 20.4. The fourth-order valence-electron chi connectivity index (χ4n) is 2.31. The van der Waals surface area contributed by atoms with Gasteiger partial charge in [-0.25, -0.2) is 4.99 Å². The van der Waals surface area contributed by atoms with Gasteiger partial charge in [-0.3, -0.25) is 0 Å². The number of guanidine groups is 1. The largest absolute Gasteiger partial charge is 0.491 e. The fraction of sp³-hybridized carbons (Fsp3) is 0.316. The van der Waals surface area contributed by atoms with Gasteiger partial charge in [0, 0.05) is 17.2 Å². The number of hydrogen-bond acceptors (Lipinski definition) is 3. The smallest absolute Gasteiger partial charge is 0.189 e. The van der Waals surface area contributed by atoms with Crippen LogP contribution in [-0.2, 0) is 11.3 Å². The lowest BCUT2D eigenvalue weighted by Gasteiger charge is -2.16. The Morgan fingerprint density at radius 1 is 1.15 bits per heavy atom. The average molecular weight is 396 g/mol. The van der Waals surface area contributed by atoms with Crippen LogP contribution in [-0.4, -0.2) is 26.3 Å². The van der Waals surface area contributed by atoms with Gasteiger partial charge in [0.1, 0.15) is 12.4 Å². The molecule has 0 aliphatic carbocycles. The summed E-state index contributed by atoms with van der Waals surface area (Å²) in [7, 11) is 1.64. The lowest BCUT2D eigenvalue weighted by atomic mass is 10.1. The number of nitrogens with one attached hydrogen (secondary N) is 1. The zero-order chi connectivity index (χ0) is 18.9. The molecule has 2 rings (SSSR count). The predicted octanol–water partition coefficient (Wildman–Crippen LogP) is 4.18. The molecule has 1 unspecified atom stereocenters. The van der Waals surface area contributed by atoms with Crippen molar-refractivity contribution in [1.29, 1.82) is 0 Å². The average Bonchev–Trinajstić information content (AvgIpc) is 2.61. The molecule has 0 bridgehead atoms. The Kier molecular flexibility index (Phi) is 8.04. The first-order valence-electron chi connectivity index (χ1n) is 8.21. The lowest BCUT2D eigenvalue weighted by Crippen LogP contribution is -2.34. The Balaban J connectivity index is 1.89. The molecule has 0 saturated carbocycles. The molecule has 0 fully saturated rings. The first-order chi connectivity index (χ1) is 12.5. The molecule has 26 heavy (non-hydrogen) atoms. The van der Waals surface area contributed by atoms with Gasteiger partial charge in [-0.15, -0.1) is 0 Å². The molecule has 3 N–H and O–H groups in total. The third-order valence-electron chi connectivity index (χ3n) is 3.70. The molecule has 0 aliphatic heterocycles. The molecule has 0 aliphatic rings. The maximum atomic E-state index is 6.22. The number of nitrogens with two attached hydrogens (primary N) is 1. The van der Waals surface area contributed by atoms with Crippen molar-refractivity contribution in [2.24, 2.45) is 10.7 Å². The summed E-state index contributed by atoms with van der Waals surface area (Å²) in [5.74, 6) is 1.15. The number of rotatable bonds is 8. The Morgan fingerprint density at radius 2 is 1.88 bits per heavy atom. The third-order valence-corrected chi connectivity index (χ3v) is 4.27. The van der Waals surface area contributed by atoms with Crippen molar-refractivity contribution in [3.05, 3.63) is 63.6 Å². The number of nitrogens with zero attached hydrogens (tertiary/aromatic N) is 1. The summed E-state index contributed by atoms with van der Waals surface area (Å²) in [4.78, 5) is 4.37. The summed E-state index contributed by atoms with van der Waals surface area (Å²) in [6.07, 6.45) is 0. The van der Waals surface area contributed by atoms with E-state index in [1.807, 2.05) is 37.3 Å². The molecule has 2 aromatic carbocycles. The number of ether oxygens (including phenoxy) is 2. The highest BCUT2D eigenvalue weighted by Gasteiger charge is 2.10. The third kappa shape index (κ3) is 6.41. The van der Waals surface area contributed by atoms with Crippen LogP contribution in [0.5, 0.6) is 5.75 Å². The van der Waals surface area contributed by atoms with Crippen LogP contribution in [0.25, 0.3) is 0 Å². The van der Waals surface area contributed by atoms with Gasteiger partial charge < -0.3 is 20.5 Å². The molecule has 0 radical (unpaired) electrons. The minimum Gasteiger partial charge on any atom is -0.491 e. The van der Waals surface area contributed by atoms with E-state index in [0.29, 0.717) is 35.8 Å². The lowest BCUT2D eigenvalue weighted by molar-refractivity contribution is 0.146. The molecule has 1 atom stereocenters. The zero-order valence-electron chi connectivity index (χ0n) is 14.8. The molecule has 7 heteroatoms. The second-order valence-electron chi connectivity index (χ2n) is 5.72. The molecule has 0 spiro atoms. The summed E-state index contributed by atoms with van der Waals surface area (Å²) in [6.45, 7) is 3.52. The van der Waals surface area contributed by atoms with Gasteiger partial charge in [-0.05, 0) is 42.3 Å². The minimum atomic E-state index is -0.0833. The summed E-state index contributed by atoms with van der Waals surface area (Å²) in [5, 5.41) is 4.33. The zero-order valence-corrected chi connectivity index (χ0v) is 16.3. The summed E-state index contributed by atoms with van der Waals surface area (Å²) < 4.78 is 10.5. The van der Waals surface area contributed by atoms with Crippen LogP contribution in [0.15, 0.2) is 47.5 Å². The topological polar surface area (TPSA) is 68.9 Å². The molecule has 0 saturated heterocycles. The van der Waals surface area contributed by atoms with E-state index in [9.17, 15) is 0 Å². The fourth-order valence-corrected chi connectivity index (χ4v) is 2.88. The van der Waals surface area contributed by atoms with Crippen molar-refractivity contribution in [3.63, 3.8) is 0 Å². The van der Waals surface area contributed by atoms with Crippen molar-refractivity contribution in [3.8, 4) is 5.75 Å². The second kappa shape index (κ2) is 10.3. The molecule has 0 aromatic heterocycles. The molecule has 0 heterocycles. The van der Waals surface area contributed by atoms with Gasteiger partial charge in [0.05, 0.1) is 19.2 Å². The monoisotopic (exact) mass is 395 g/mol. The van der Waals surface area contributed by atoms with E-state index in [2.05, 4.69) is 10.3 Å². The van der Waals surface area contributed by atoms with Gasteiger partial charge in [-0.2, -0.15) is 0 Å². The van der Waals surface area contributed by atoms with Crippen molar-refractivity contribution in [2.75, 3.05) is 20.3 Å². The number of halogens is 2. The quantitative estimate of drug-likeness (QED) is 0.399. The number of aliphatic imine (C=N–C) groups is 1. The molecule has 0 amide bonds. The van der Waals surface area contributed by atoms with Crippen LogP contribution < -0.4 is 15.8 Å². The maximum absolute atomic E-state index is 6.22. The van der Waals surface area contributed by atoms with Crippen LogP contribution in [0.4, 0.5) is 0 Å². The van der Waals surface area contributed by atoms with E-state index in [1.165, 1.54) is 0 Å². The summed E-state index contributed by atoms with van der Waals surface area (Å²) in [6, 6.07) is 13.0. The Bertz CT molecular complexity index is 736. The second-order valence-corrected chi connectivity index (χ2v) is 6.56. The number of methoxy groups -OCH3 is 1. The van der Waals surface area contributed by atoms with Crippen molar-refractivity contribution in [2.45, 2.75) is 19.5 Å². The van der Waals surface area contributed by atoms with Crippen LogP contribution in [0.3, 0.4) is 0 Å². The predicted molar refractivity (Wildman–Crippen MR) is 107 cm³/mol. The van der Waals surface area contributed by atoms with Crippen LogP contribution >= 0.6 is 23.2 Å². The maximum Gasteiger partial charge on any atom is 0.189 e. The van der Waals surface area contributed by atoms with Gasteiger partial charge >= 0.3 is 0 Å². The van der Waals surface area contributed by atoms with Gasteiger partial charge in [0.2, 0.25) is 0 Å². The first-order valence-corrected chi connectivity index (χ1v) is 8.97. The van der Waals surface area contributed by atoms with Crippen molar-refractivity contribution >= 4 is 29.2 Å². The number of benzene rings is 2. The van der Waals surface area contributed by atoms with Gasteiger partial charge in [0.15, 0.2) is 5.96 Å². The highest BCUT2D eigenvalue weighted by Crippen LogP contribution is 2.25. The Morgan fingerprint density at radius 3 is 2.54 bits per heavy atom. The van der Waals surface area contributed by atoms with Crippen LogP contribution in [0.2, 0.25) is 10.0 Å². The summed E-state index contributed by atoms with van der Waals surface area (Å²) in [5.41, 5.74) is 7.92. The van der Waals surface area contributed by atoms with Gasteiger partial charge in [-0.1, -0.05) is 41.4 Å². The van der Waals surface area contributed by atoms with Crippen LogP contribution in [0.1, 0.15) is 24.1 Å². The molecule has 2 aromatic rings. The van der Waals surface area contributed by atoms with E-state index in [4.69, 9.17) is 38.4 Å². The van der Waals surface area contributed by atoms with Crippen molar-refractivity contribution in [1.82, 2.24) is 5.32 Å². The van der Waals surface area contributed by atoms with Gasteiger partial charge in [0.25, 0.3) is 0 Å². The Hall–Kier alpha value is -1.95. The normalized spacial score (nSPS) is 12.7. The van der Waals surface area contributed by atoms with E-state index < -0.39 is 0 Å². The van der Waals surface area contributed by atoms with E-state index in [1.54, 1.807) is 19.2 Å². The highest BCUT2D eigenvalue weighted by molar-refractivity contribution is 6.35. The molecule has 140 valence electrons. The summed E-state index contributed by atoms with van der Waals surface area (Å²) >= 11 is 12.1. The molecular weight excluding hydrogens is 373 g/mol. The van der Waals surface area contributed by atoms with Crippen molar-refractivity contribution < 1.29 is 9.47 Å². The van der Waals surface area contributed by atoms with Crippen LogP contribution in [0, 0.1) is 0 Å². The highest BCUT2D eigenvalue weighted by atomic mass is 35.5. The van der Waals surface area contributed by atoms with E-state index in [0.717, 1.165) is 16.9 Å². The standard InChI is InChI=1S/C19H23Cl2N3O2/c1-13(17-8-5-15(20)11-18(17)21)24-19(22)23-12-14-3-6-16(7-4-14)26-10-9-25-2/h3-8,11,13H,9-10,12H2,1-2H3,(H3,22,23,24). The minimum absolute atomic E-state index is 0.0833. The van der Waals surface area contributed by atoms with E-state index in [-0.39, 0.29) is 6.04 Å². The number of hydrogen-bond donors (Lipinski definition) is 2. The van der Waals surface area contributed by atoms with E-state index >= 15 is 0 Å². The molecular formula is C19H23Cl2N3O2. The molecule has 5 nitrogen and oxygen atoms in total. The Labute approximate surface area is 164 Å². The SMILES string of the molecule is COCCOc1ccc(CN=C(N)NC(C)c2ccc(Cl)cc2Cl)cc1.